The number of aldehydes is 1. The summed E-state index contributed by atoms with van der Waals surface area (Å²) in [6.07, 6.45) is 1.85. The van der Waals surface area contributed by atoms with Crippen molar-refractivity contribution in [1.82, 2.24) is 9.97 Å². The van der Waals surface area contributed by atoms with Crippen LogP contribution in [0.5, 0.6) is 0 Å². The molecule has 1 heterocycles. The van der Waals surface area contributed by atoms with Crippen molar-refractivity contribution in [1.29, 1.82) is 0 Å². The molecule has 0 unspecified atom stereocenters. The monoisotopic (exact) mass is 250 g/mol. The molecule has 0 radical (unpaired) electrons. The van der Waals surface area contributed by atoms with Gasteiger partial charge in [-0.1, -0.05) is 18.5 Å². The van der Waals surface area contributed by atoms with Gasteiger partial charge in [0.2, 0.25) is 0 Å². The van der Waals surface area contributed by atoms with Crippen molar-refractivity contribution < 1.29 is 9.59 Å². The van der Waals surface area contributed by atoms with Gasteiger partial charge in [0.25, 0.3) is 0 Å². The lowest BCUT2D eigenvalue weighted by molar-refractivity contribution is 0.0981. The third-order valence-corrected chi connectivity index (χ3v) is 2.79. The number of aromatic amines is 1. The quantitative estimate of drug-likeness (QED) is 0.670. The van der Waals surface area contributed by atoms with Crippen molar-refractivity contribution in [2.24, 2.45) is 0 Å². The minimum Gasteiger partial charge on any atom is -0.336 e. The second kappa shape index (κ2) is 4.67. The van der Waals surface area contributed by atoms with Crippen LogP contribution in [0.4, 0.5) is 0 Å². The molecule has 4 nitrogen and oxygen atoms in total. The molecule has 0 amide bonds. The van der Waals surface area contributed by atoms with Crippen LogP contribution in [0.25, 0.3) is 11.0 Å². The number of hydrogen-bond donors (Lipinski definition) is 1. The largest absolute Gasteiger partial charge is 0.336 e. The molecule has 1 aromatic heterocycles. The predicted molar refractivity (Wildman–Crippen MR) is 65.7 cm³/mol. The fourth-order valence-corrected chi connectivity index (χ4v) is 1.95. The van der Waals surface area contributed by atoms with Crippen LogP contribution in [0.2, 0.25) is 5.02 Å². The summed E-state index contributed by atoms with van der Waals surface area (Å²) in [6, 6.07) is 3.25. The average molecular weight is 251 g/mol. The molecule has 0 fully saturated rings. The zero-order chi connectivity index (χ0) is 12.4. The Kier molecular flexibility index (Phi) is 3.24. The van der Waals surface area contributed by atoms with Crippen molar-refractivity contribution >= 4 is 34.7 Å². The van der Waals surface area contributed by atoms with Crippen molar-refractivity contribution in [2.45, 2.75) is 19.8 Å². The van der Waals surface area contributed by atoms with E-state index in [-0.39, 0.29) is 11.6 Å². The van der Waals surface area contributed by atoms with Crippen molar-refractivity contribution in [3.05, 3.63) is 28.5 Å². The summed E-state index contributed by atoms with van der Waals surface area (Å²) in [6.45, 7) is 1.93. The van der Waals surface area contributed by atoms with E-state index in [1.807, 2.05) is 6.92 Å². The highest BCUT2D eigenvalue weighted by Crippen LogP contribution is 2.24. The number of hydrogen-bond acceptors (Lipinski definition) is 3. The van der Waals surface area contributed by atoms with Crippen molar-refractivity contribution in [2.75, 3.05) is 0 Å². The first-order valence-corrected chi connectivity index (χ1v) is 5.71. The van der Waals surface area contributed by atoms with Gasteiger partial charge in [-0.05, 0) is 18.6 Å². The summed E-state index contributed by atoms with van der Waals surface area (Å²) in [5.74, 6) is 0.228. The Morgan fingerprint density at radius 3 is 2.94 bits per heavy atom. The molecule has 17 heavy (non-hydrogen) atoms. The highest BCUT2D eigenvalue weighted by Gasteiger charge is 2.13. The minimum absolute atomic E-state index is 0.00458. The number of Topliss-reactive ketones (excluding diaryl/α,β-unsaturated/α-hetero) is 1. The first kappa shape index (κ1) is 11.8. The normalized spacial score (nSPS) is 10.7. The molecular weight excluding hydrogens is 240 g/mol. The molecule has 0 aliphatic carbocycles. The summed E-state index contributed by atoms with van der Waals surface area (Å²) in [4.78, 5) is 29.2. The van der Waals surface area contributed by atoms with Gasteiger partial charge in [0.1, 0.15) is 0 Å². The Morgan fingerprint density at radius 1 is 1.53 bits per heavy atom. The van der Waals surface area contributed by atoms with Gasteiger partial charge in [-0.2, -0.15) is 0 Å². The van der Waals surface area contributed by atoms with Gasteiger partial charge in [-0.3, -0.25) is 9.59 Å². The molecule has 0 atom stereocenters. The molecule has 0 aliphatic rings. The Bertz CT molecular complexity index is 589. The van der Waals surface area contributed by atoms with Gasteiger partial charge in [0, 0.05) is 12.0 Å². The van der Waals surface area contributed by atoms with E-state index < -0.39 is 0 Å². The number of carbonyl (C=O) groups excluding carboxylic acids is 2. The summed E-state index contributed by atoms with van der Waals surface area (Å²) >= 11 is 6.03. The molecule has 0 saturated carbocycles. The number of H-pyrrole nitrogens is 1. The van der Waals surface area contributed by atoms with Gasteiger partial charge < -0.3 is 4.98 Å². The third-order valence-electron chi connectivity index (χ3n) is 2.48. The van der Waals surface area contributed by atoms with E-state index in [0.717, 1.165) is 6.42 Å². The maximum Gasteiger partial charge on any atom is 0.185 e. The number of imidazole rings is 1. The van der Waals surface area contributed by atoms with Crippen LogP contribution in [0.1, 0.15) is 40.7 Å². The summed E-state index contributed by atoms with van der Waals surface area (Å²) in [5.41, 5.74) is 1.70. The number of nitrogens with one attached hydrogen (secondary N) is 1. The maximum atomic E-state index is 11.8. The summed E-state index contributed by atoms with van der Waals surface area (Å²) in [7, 11) is 0. The Balaban J connectivity index is 2.53. The molecule has 0 bridgehead atoms. The lowest BCUT2D eigenvalue weighted by Gasteiger charge is -2.02. The van der Waals surface area contributed by atoms with Crippen molar-refractivity contribution in [3.63, 3.8) is 0 Å². The van der Waals surface area contributed by atoms with E-state index in [1.165, 1.54) is 0 Å². The number of nitrogens with zero attached hydrogens (tertiary/aromatic N) is 1. The van der Waals surface area contributed by atoms with Gasteiger partial charge >= 0.3 is 0 Å². The van der Waals surface area contributed by atoms with Crippen LogP contribution >= 0.6 is 11.6 Å². The topological polar surface area (TPSA) is 62.8 Å². The van der Waals surface area contributed by atoms with E-state index in [1.54, 1.807) is 12.1 Å². The fraction of sp³-hybridized carbons (Fsp3) is 0.250. The van der Waals surface area contributed by atoms with Crippen LogP contribution in [-0.4, -0.2) is 22.0 Å². The van der Waals surface area contributed by atoms with Gasteiger partial charge in [0.15, 0.2) is 17.9 Å². The number of carbonyl (C=O) groups is 2. The van der Waals surface area contributed by atoms with Crippen LogP contribution in [0.15, 0.2) is 12.1 Å². The molecule has 0 saturated heterocycles. The molecule has 5 heteroatoms. The predicted octanol–water partition coefficient (Wildman–Crippen LogP) is 3.01. The number of benzene rings is 1. The SMILES string of the molecule is CCCC(=O)c1cc2nc(C=O)[nH]c2cc1Cl. The van der Waals surface area contributed by atoms with E-state index in [0.29, 0.717) is 34.3 Å². The van der Waals surface area contributed by atoms with E-state index in [9.17, 15) is 9.59 Å². The lowest BCUT2D eigenvalue weighted by atomic mass is 10.1. The number of ketones is 1. The zero-order valence-electron chi connectivity index (χ0n) is 9.29. The number of rotatable bonds is 4. The second-order valence-electron chi connectivity index (χ2n) is 3.76. The first-order chi connectivity index (χ1) is 8.15. The molecule has 88 valence electrons. The standard InChI is InChI=1S/C12H11ClN2O2/c1-2-3-11(17)7-4-9-10(5-8(7)13)15-12(6-16)14-9/h4-6H,2-3H2,1H3,(H,14,15). The molecular formula is C12H11ClN2O2. The van der Waals surface area contributed by atoms with E-state index in [2.05, 4.69) is 9.97 Å². The summed E-state index contributed by atoms with van der Waals surface area (Å²) < 4.78 is 0. The molecule has 1 aromatic carbocycles. The van der Waals surface area contributed by atoms with Crippen molar-refractivity contribution in [3.8, 4) is 0 Å². The summed E-state index contributed by atoms with van der Waals surface area (Å²) in [5, 5.41) is 0.386. The Hall–Kier alpha value is -1.68. The fourth-order valence-electron chi connectivity index (χ4n) is 1.68. The van der Waals surface area contributed by atoms with Crippen LogP contribution in [0.3, 0.4) is 0 Å². The van der Waals surface area contributed by atoms with Crippen LogP contribution in [0, 0.1) is 0 Å². The molecule has 0 aliphatic heterocycles. The van der Waals surface area contributed by atoms with Gasteiger partial charge in [0.05, 0.1) is 16.1 Å². The van der Waals surface area contributed by atoms with Gasteiger partial charge in [-0.25, -0.2) is 4.98 Å². The van der Waals surface area contributed by atoms with E-state index in [4.69, 9.17) is 11.6 Å². The number of aromatic nitrogens is 2. The second-order valence-corrected chi connectivity index (χ2v) is 4.17. The number of halogens is 1. The number of fused-ring (bicyclic) bond motifs is 1. The first-order valence-electron chi connectivity index (χ1n) is 5.33. The molecule has 1 N–H and O–H groups in total. The van der Waals surface area contributed by atoms with E-state index >= 15 is 0 Å². The molecule has 2 rings (SSSR count). The highest BCUT2D eigenvalue weighted by atomic mass is 35.5. The smallest absolute Gasteiger partial charge is 0.185 e. The highest BCUT2D eigenvalue weighted by molar-refractivity contribution is 6.34. The van der Waals surface area contributed by atoms with Crippen LogP contribution < -0.4 is 0 Å². The molecule has 2 aromatic rings. The zero-order valence-corrected chi connectivity index (χ0v) is 10.0. The Labute approximate surface area is 103 Å². The van der Waals surface area contributed by atoms with Crippen LogP contribution in [-0.2, 0) is 0 Å². The third kappa shape index (κ3) is 2.22. The Morgan fingerprint density at radius 2 is 2.29 bits per heavy atom. The molecule has 0 spiro atoms. The average Bonchev–Trinajstić information content (AvgIpc) is 2.70. The van der Waals surface area contributed by atoms with Gasteiger partial charge in [-0.15, -0.1) is 0 Å². The minimum atomic E-state index is -0.00458. The maximum absolute atomic E-state index is 11.8. The lowest BCUT2D eigenvalue weighted by Crippen LogP contribution is -1.99.